The summed E-state index contributed by atoms with van der Waals surface area (Å²) < 4.78 is 33.7. The lowest BCUT2D eigenvalue weighted by molar-refractivity contribution is -0.122. The number of morpholine rings is 1. The van der Waals surface area contributed by atoms with Crippen molar-refractivity contribution in [2.24, 2.45) is 11.7 Å². The van der Waals surface area contributed by atoms with E-state index < -0.39 is 10.2 Å². The van der Waals surface area contributed by atoms with Crippen molar-refractivity contribution in [2.45, 2.75) is 38.9 Å². The van der Waals surface area contributed by atoms with Crippen LogP contribution >= 0.6 is 0 Å². The molecule has 116 valence electrons. The Hall–Kier alpha value is -0.700. The lowest BCUT2D eigenvalue weighted by Gasteiger charge is -2.39. The number of carbonyl (C=O) groups is 1. The van der Waals surface area contributed by atoms with Crippen LogP contribution in [0.4, 0.5) is 0 Å². The fourth-order valence-electron chi connectivity index (χ4n) is 2.85. The number of hydrogen-bond acceptors (Lipinski definition) is 4. The van der Waals surface area contributed by atoms with E-state index in [0.717, 1.165) is 0 Å². The Morgan fingerprint density at radius 3 is 2.05 bits per heavy atom. The van der Waals surface area contributed by atoms with Gasteiger partial charge in [-0.2, -0.15) is 17.0 Å². The SMILES string of the molecule is C[C@H]1CN(S(=O)(=O)N2CCC(C(N)=O)CC2)C[C@H](C)O1. The van der Waals surface area contributed by atoms with E-state index in [4.69, 9.17) is 10.5 Å². The minimum Gasteiger partial charge on any atom is -0.373 e. The zero-order valence-corrected chi connectivity index (χ0v) is 12.8. The molecule has 0 spiro atoms. The summed E-state index contributed by atoms with van der Waals surface area (Å²) in [5.74, 6) is -0.542. The van der Waals surface area contributed by atoms with E-state index in [9.17, 15) is 13.2 Å². The number of piperidine rings is 1. The summed E-state index contributed by atoms with van der Waals surface area (Å²) in [7, 11) is -3.47. The molecule has 0 aromatic carbocycles. The quantitative estimate of drug-likeness (QED) is 0.763. The first-order chi connectivity index (χ1) is 9.30. The average molecular weight is 305 g/mol. The zero-order valence-electron chi connectivity index (χ0n) is 12.0. The number of hydrogen-bond donors (Lipinski definition) is 1. The number of amides is 1. The maximum atomic E-state index is 12.6. The van der Waals surface area contributed by atoms with Crippen molar-refractivity contribution in [2.75, 3.05) is 26.2 Å². The molecule has 0 aromatic heterocycles. The van der Waals surface area contributed by atoms with Crippen molar-refractivity contribution in [1.29, 1.82) is 0 Å². The molecule has 0 aliphatic carbocycles. The van der Waals surface area contributed by atoms with E-state index in [-0.39, 0.29) is 24.0 Å². The molecule has 0 radical (unpaired) electrons. The fourth-order valence-corrected chi connectivity index (χ4v) is 4.65. The Morgan fingerprint density at radius 1 is 1.10 bits per heavy atom. The monoisotopic (exact) mass is 305 g/mol. The molecule has 2 saturated heterocycles. The molecule has 2 heterocycles. The maximum absolute atomic E-state index is 12.6. The number of nitrogens with two attached hydrogens (primary N) is 1. The Kier molecular flexibility index (Phi) is 4.68. The summed E-state index contributed by atoms with van der Waals surface area (Å²) in [6, 6.07) is 0. The predicted octanol–water partition coefficient (Wildman–Crippen LogP) is -0.462. The Labute approximate surface area is 120 Å². The first-order valence-electron chi connectivity index (χ1n) is 7.00. The second-order valence-corrected chi connectivity index (χ2v) is 7.59. The van der Waals surface area contributed by atoms with Crippen LogP contribution in [0.2, 0.25) is 0 Å². The third-order valence-electron chi connectivity index (χ3n) is 3.89. The highest BCUT2D eigenvalue weighted by Gasteiger charge is 2.37. The molecule has 8 heteroatoms. The van der Waals surface area contributed by atoms with Crippen molar-refractivity contribution in [3.8, 4) is 0 Å². The third kappa shape index (κ3) is 3.30. The summed E-state index contributed by atoms with van der Waals surface area (Å²) in [4.78, 5) is 11.1. The molecule has 1 amide bonds. The first kappa shape index (κ1) is 15.7. The largest absolute Gasteiger partial charge is 0.373 e. The number of primary amides is 1. The van der Waals surface area contributed by atoms with Crippen LogP contribution in [0.3, 0.4) is 0 Å². The minimum atomic E-state index is -3.47. The topological polar surface area (TPSA) is 92.9 Å². The van der Waals surface area contributed by atoms with E-state index in [2.05, 4.69) is 0 Å². The van der Waals surface area contributed by atoms with E-state index >= 15 is 0 Å². The van der Waals surface area contributed by atoms with Crippen molar-refractivity contribution in [1.82, 2.24) is 8.61 Å². The highest BCUT2D eigenvalue weighted by Crippen LogP contribution is 2.23. The van der Waals surface area contributed by atoms with Gasteiger partial charge in [-0.15, -0.1) is 0 Å². The van der Waals surface area contributed by atoms with Crippen LogP contribution in [-0.2, 0) is 19.7 Å². The maximum Gasteiger partial charge on any atom is 0.282 e. The zero-order chi connectivity index (χ0) is 14.9. The lowest BCUT2D eigenvalue weighted by atomic mass is 9.98. The summed E-state index contributed by atoms with van der Waals surface area (Å²) in [6.45, 7) is 5.21. The molecule has 0 bridgehead atoms. The highest BCUT2D eigenvalue weighted by atomic mass is 32.2. The smallest absolute Gasteiger partial charge is 0.282 e. The van der Waals surface area contributed by atoms with Gasteiger partial charge in [-0.25, -0.2) is 0 Å². The standard InChI is InChI=1S/C12H23N3O4S/c1-9-7-15(8-10(2)19-9)20(17,18)14-5-3-11(4-6-14)12(13)16/h9-11H,3-8H2,1-2H3,(H2,13,16)/t9-,10-/m0/s1. The molecule has 20 heavy (non-hydrogen) atoms. The summed E-state index contributed by atoms with van der Waals surface area (Å²) in [6.07, 6.45) is 0.807. The van der Waals surface area contributed by atoms with Gasteiger partial charge in [0.25, 0.3) is 10.2 Å². The van der Waals surface area contributed by atoms with Crippen LogP contribution in [0.25, 0.3) is 0 Å². The molecule has 2 rings (SSSR count). The van der Waals surface area contributed by atoms with Gasteiger partial charge in [0.15, 0.2) is 0 Å². The van der Waals surface area contributed by atoms with Crippen molar-refractivity contribution < 1.29 is 17.9 Å². The van der Waals surface area contributed by atoms with E-state index in [0.29, 0.717) is 39.0 Å². The minimum absolute atomic E-state index is 0.100. The summed E-state index contributed by atoms with van der Waals surface area (Å²) in [5.41, 5.74) is 5.27. The molecule has 7 nitrogen and oxygen atoms in total. The van der Waals surface area contributed by atoms with E-state index in [1.165, 1.54) is 8.61 Å². The second kappa shape index (κ2) is 5.97. The second-order valence-electron chi connectivity index (χ2n) is 5.66. The lowest BCUT2D eigenvalue weighted by Crippen LogP contribution is -2.54. The van der Waals surface area contributed by atoms with Gasteiger partial charge < -0.3 is 10.5 Å². The number of nitrogens with zero attached hydrogens (tertiary/aromatic N) is 2. The van der Waals surface area contributed by atoms with Crippen LogP contribution < -0.4 is 5.73 Å². The van der Waals surface area contributed by atoms with Gasteiger partial charge in [-0.3, -0.25) is 4.79 Å². The molecule has 2 atom stereocenters. The van der Waals surface area contributed by atoms with Gasteiger partial charge in [0.05, 0.1) is 12.2 Å². The molecule has 2 N–H and O–H groups in total. The molecular weight excluding hydrogens is 282 g/mol. The number of rotatable bonds is 3. The molecule has 2 fully saturated rings. The van der Waals surface area contributed by atoms with Crippen molar-refractivity contribution in [3.05, 3.63) is 0 Å². The van der Waals surface area contributed by atoms with Crippen LogP contribution in [0.15, 0.2) is 0 Å². The van der Waals surface area contributed by atoms with Gasteiger partial charge in [0.2, 0.25) is 5.91 Å². The molecule has 2 aliphatic rings. The Bertz CT molecular complexity index is 449. The van der Waals surface area contributed by atoms with Crippen LogP contribution in [0.5, 0.6) is 0 Å². The Morgan fingerprint density at radius 2 is 1.60 bits per heavy atom. The normalized spacial score (nSPS) is 31.3. The van der Waals surface area contributed by atoms with Gasteiger partial charge in [0.1, 0.15) is 0 Å². The molecular formula is C12H23N3O4S. The number of ether oxygens (including phenoxy) is 1. The third-order valence-corrected chi connectivity index (χ3v) is 5.86. The van der Waals surface area contributed by atoms with Gasteiger partial charge in [-0.05, 0) is 26.7 Å². The van der Waals surface area contributed by atoms with Crippen LogP contribution in [-0.4, -0.2) is 61.3 Å². The molecule has 2 aliphatic heterocycles. The van der Waals surface area contributed by atoms with Gasteiger partial charge >= 0.3 is 0 Å². The van der Waals surface area contributed by atoms with Crippen molar-refractivity contribution in [3.63, 3.8) is 0 Å². The summed E-state index contributed by atoms with van der Waals surface area (Å²) in [5, 5.41) is 0. The number of carbonyl (C=O) groups excluding carboxylic acids is 1. The van der Waals surface area contributed by atoms with Gasteiger partial charge in [0, 0.05) is 32.1 Å². The van der Waals surface area contributed by atoms with Crippen molar-refractivity contribution >= 4 is 16.1 Å². The van der Waals surface area contributed by atoms with Gasteiger partial charge in [-0.1, -0.05) is 0 Å². The first-order valence-corrected chi connectivity index (χ1v) is 8.40. The predicted molar refractivity (Wildman–Crippen MR) is 74.0 cm³/mol. The highest BCUT2D eigenvalue weighted by molar-refractivity contribution is 7.86. The van der Waals surface area contributed by atoms with Crippen LogP contribution in [0.1, 0.15) is 26.7 Å². The summed E-state index contributed by atoms with van der Waals surface area (Å²) >= 11 is 0. The molecule has 0 aromatic rings. The van der Waals surface area contributed by atoms with E-state index in [1.807, 2.05) is 13.8 Å². The molecule has 0 unspecified atom stereocenters. The molecule has 0 saturated carbocycles. The average Bonchev–Trinajstić information content (AvgIpc) is 2.37. The Balaban J connectivity index is 2.02. The van der Waals surface area contributed by atoms with Crippen LogP contribution in [0, 0.1) is 5.92 Å². The van der Waals surface area contributed by atoms with E-state index in [1.54, 1.807) is 0 Å². The fraction of sp³-hybridized carbons (Fsp3) is 0.917.